The van der Waals surface area contributed by atoms with E-state index < -0.39 is 17.7 Å². The van der Waals surface area contributed by atoms with E-state index >= 15 is 0 Å². The molecule has 20 heavy (non-hydrogen) atoms. The van der Waals surface area contributed by atoms with E-state index in [9.17, 15) is 9.59 Å². The number of ketones is 1. The van der Waals surface area contributed by atoms with Gasteiger partial charge in [0.15, 0.2) is 5.78 Å². The molecule has 0 fully saturated rings. The number of carbonyl (C=O) groups is 2. The molecule has 5 heteroatoms. The molecule has 0 bridgehead atoms. The van der Waals surface area contributed by atoms with Crippen molar-refractivity contribution in [1.82, 2.24) is 5.32 Å². The van der Waals surface area contributed by atoms with Crippen LogP contribution in [0.1, 0.15) is 38.1 Å². The van der Waals surface area contributed by atoms with Crippen molar-refractivity contribution in [2.75, 3.05) is 6.26 Å². The third-order valence-corrected chi connectivity index (χ3v) is 3.24. The molecule has 1 rings (SSSR count). The number of alkyl carbamates (subject to hydrolysis) is 1. The van der Waals surface area contributed by atoms with E-state index in [4.69, 9.17) is 4.74 Å². The highest BCUT2D eigenvalue weighted by Crippen LogP contribution is 2.16. The van der Waals surface area contributed by atoms with Crippen molar-refractivity contribution in [2.24, 2.45) is 0 Å². The molecule has 0 radical (unpaired) electrons. The van der Waals surface area contributed by atoms with Gasteiger partial charge in [-0.05, 0) is 46.1 Å². The van der Waals surface area contributed by atoms with Gasteiger partial charge in [0.05, 0.1) is 6.04 Å². The predicted molar refractivity (Wildman–Crippen MR) is 81.4 cm³/mol. The Hall–Kier alpha value is -1.49. The summed E-state index contributed by atoms with van der Waals surface area (Å²) in [6.07, 6.45) is 1.39. The van der Waals surface area contributed by atoms with Gasteiger partial charge in [0.25, 0.3) is 0 Å². The first-order valence-corrected chi connectivity index (χ1v) is 7.63. The molecule has 1 amide bonds. The van der Waals surface area contributed by atoms with Gasteiger partial charge in [-0.3, -0.25) is 4.79 Å². The number of Topliss-reactive ketones (excluding diaryl/α,β-unsaturated/α-hetero) is 1. The first-order valence-electron chi connectivity index (χ1n) is 6.40. The molecule has 4 nitrogen and oxygen atoms in total. The molecule has 0 aliphatic rings. The van der Waals surface area contributed by atoms with E-state index in [1.807, 2.05) is 18.4 Å². The average Bonchev–Trinajstić information content (AvgIpc) is 2.35. The number of benzene rings is 1. The molecule has 0 spiro atoms. The molecule has 110 valence electrons. The smallest absolute Gasteiger partial charge is 0.408 e. The normalized spacial score (nSPS) is 12.7. The van der Waals surface area contributed by atoms with Crippen LogP contribution in [0.4, 0.5) is 4.79 Å². The van der Waals surface area contributed by atoms with Gasteiger partial charge < -0.3 is 10.1 Å². The second-order valence-electron chi connectivity index (χ2n) is 5.46. The summed E-state index contributed by atoms with van der Waals surface area (Å²) in [6.45, 7) is 6.98. The largest absolute Gasteiger partial charge is 0.444 e. The highest BCUT2D eigenvalue weighted by atomic mass is 32.2. The minimum Gasteiger partial charge on any atom is -0.444 e. The van der Waals surface area contributed by atoms with Crippen molar-refractivity contribution in [3.63, 3.8) is 0 Å². The van der Waals surface area contributed by atoms with E-state index in [-0.39, 0.29) is 5.78 Å². The Balaban J connectivity index is 2.64. The van der Waals surface area contributed by atoms with E-state index in [0.717, 1.165) is 4.90 Å². The third-order valence-electron chi connectivity index (χ3n) is 2.50. The highest BCUT2D eigenvalue weighted by Gasteiger charge is 2.21. The van der Waals surface area contributed by atoms with Crippen LogP contribution in [-0.2, 0) is 4.74 Å². The molecule has 0 saturated carbocycles. The van der Waals surface area contributed by atoms with Crippen LogP contribution in [0.5, 0.6) is 0 Å². The lowest BCUT2D eigenvalue weighted by Gasteiger charge is -2.21. The van der Waals surface area contributed by atoms with Gasteiger partial charge in [0, 0.05) is 10.5 Å². The summed E-state index contributed by atoms with van der Waals surface area (Å²) in [5.74, 6) is -0.136. The maximum absolute atomic E-state index is 12.2. The van der Waals surface area contributed by atoms with Crippen LogP contribution in [-0.4, -0.2) is 29.8 Å². The van der Waals surface area contributed by atoms with Crippen LogP contribution in [0, 0.1) is 0 Å². The molecule has 0 aliphatic carbocycles. The maximum Gasteiger partial charge on any atom is 0.408 e. The lowest BCUT2D eigenvalue weighted by atomic mass is 10.1. The fourth-order valence-corrected chi connectivity index (χ4v) is 1.96. The Morgan fingerprint density at radius 2 is 1.75 bits per heavy atom. The van der Waals surface area contributed by atoms with Gasteiger partial charge in [0.1, 0.15) is 5.60 Å². The second-order valence-corrected chi connectivity index (χ2v) is 6.34. The van der Waals surface area contributed by atoms with Crippen molar-refractivity contribution in [1.29, 1.82) is 0 Å². The number of carbonyl (C=O) groups excluding carboxylic acids is 2. The molecule has 0 aliphatic heterocycles. The minimum absolute atomic E-state index is 0.136. The summed E-state index contributed by atoms with van der Waals surface area (Å²) in [5.41, 5.74) is -0.00121. The fourth-order valence-electron chi connectivity index (χ4n) is 1.56. The monoisotopic (exact) mass is 295 g/mol. The lowest BCUT2D eigenvalue weighted by Crippen LogP contribution is -2.41. The standard InChI is InChI=1S/C15H21NO3S/c1-10(16-14(18)19-15(2,3)4)13(17)11-6-8-12(20-5)9-7-11/h6-10H,1-5H3,(H,16,18). The van der Waals surface area contributed by atoms with Crippen molar-refractivity contribution in [2.45, 2.75) is 44.2 Å². The minimum atomic E-state index is -0.620. The fraction of sp³-hybridized carbons (Fsp3) is 0.467. The molecule has 0 heterocycles. The molecular weight excluding hydrogens is 274 g/mol. The Labute approximate surface area is 124 Å². The second kappa shape index (κ2) is 6.79. The van der Waals surface area contributed by atoms with E-state index in [1.165, 1.54) is 0 Å². The average molecular weight is 295 g/mol. The van der Waals surface area contributed by atoms with Gasteiger partial charge in [-0.15, -0.1) is 11.8 Å². The molecule has 1 aromatic carbocycles. The van der Waals surface area contributed by atoms with Crippen LogP contribution in [0.25, 0.3) is 0 Å². The zero-order valence-corrected chi connectivity index (χ0v) is 13.3. The molecule has 1 aromatic rings. The molecule has 1 unspecified atom stereocenters. The van der Waals surface area contributed by atoms with Crippen molar-refractivity contribution >= 4 is 23.6 Å². The number of nitrogens with one attached hydrogen (secondary N) is 1. The van der Waals surface area contributed by atoms with Crippen LogP contribution < -0.4 is 5.32 Å². The Bertz CT molecular complexity index is 477. The molecule has 0 aromatic heterocycles. The van der Waals surface area contributed by atoms with E-state index in [2.05, 4.69) is 5.32 Å². The van der Waals surface area contributed by atoms with E-state index in [0.29, 0.717) is 5.56 Å². The summed E-state index contributed by atoms with van der Waals surface area (Å²) < 4.78 is 5.13. The van der Waals surface area contributed by atoms with Crippen molar-refractivity contribution in [3.8, 4) is 0 Å². The summed E-state index contributed by atoms with van der Waals surface area (Å²) >= 11 is 1.61. The van der Waals surface area contributed by atoms with Crippen molar-refractivity contribution < 1.29 is 14.3 Å². The van der Waals surface area contributed by atoms with Crippen LogP contribution in [0.15, 0.2) is 29.2 Å². The Kier molecular flexibility index (Phi) is 5.62. The number of amides is 1. The zero-order valence-electron chi connectivity index (χ0n) is 12.5. The number of thioether (sulfide) groups is 1. The number of ether oxygens (including phenoxy) is 1. The summed E-state index contributed by atoms with van der Waals surface area (Å²) in [4.78, 5) is 24.9. The van der Waals surface area contributed by atoms with Gasteiger partial charge in [-0.25, -0.2) is 4.79 Å². The number of hydrogen-bond acceptors (Lipinski definition) is 4. The Morgan fingerprint density at radius 3 is 2.20 bits per heavy atom. The predicted octanol–water partition coefficient (Wildman–Crippen LogP) is 3.50. The first-order chi connectivity index (χ1) is 9.23. The zero-order chi connectivity index (χ0) is 15.3. The number of rotatable bonds is 4. The van der Waals surface area contributed by atoms with Gasteiger partial charge in [0.2, 0.25) is 0 Å². The molecule has 1 atom stereocenters. The SMILES string of the molecule is CSc1ccc(C(=O)C(C)NC(=O)OC(C)(C)C)cc1. The topological polar surface area (TPSA) is 55.4 Å². The van der Waals surface area contributed by atoms with Crippen LogP contribution in [0.2, 0.25) is 0 Å². The Morgan fingerprint density at radius 1 is 1.20 bits per heavy atom. The van der Waals surface area contributed by atoms with Crippen molar-refractivity contribution in [3.05, 3.63) is 29.8 Å². The number of hydrogen-bond donors (Lipinski definition) is 1. The lowest BCUT2D eigenvalue weighted by molar-refractivity contribution is 0.0497. The summed E-state index contributed by atoms with van der Waals surface area (Å²) in [5, 5.41) is 2.55. The quantitative estimate of drug-likeness (QED) is 0.682. The summed E-state index contributed by atoms with van der Waals surface area (Å²) in [7, 11) is 0. The first kappa shape index (κ1) is 16.6. The van der Waals surface area contributed by atoms with Gasteiger partial charge in [-0.2, -0.15) is 0 Å². The molecule has 0 saturated heterocycles. The maximum atomic E-state index is 12.2. The van der Waals surface area contributed by atoms with Gasteiger partial charge >= 0.3 is 6.09 Å². The summed E-state index contributed by atoms with van der Waals surface area (Å²) in [6, 6.07) is 6.68. The van der Waals surface area contributed by atoms with E-state index in [1.54, 1.807) is 51.6 Å². The molecular formula is C15H21NO3S. The van der Waals surface area contributed by atoms with Gasteiger partial charge in [-0.1, -0.05) is 12.1 Å². The van der Waals surface area contributed by atoms with Crippen LogP contribution >= 0.6 is 11.8 Å². The highest BCUT2D eigenvalue weighted by molar-refractivity contribution is 7.98. The third kappa shape index (κ3) is 5.25. The van der Waals surface area contributed by atoms with Crippen LogP contribution in [0.3, 0.4) is 0 Å². The molecule has 1 N–H and O–H groups in total.